The molecule has 23 heavy (non-hydrogen) atoms. The predicted octanol–water partition coefficient (Wildman–Crippen LogP) is 2.55. The molecule has 2 aromatic carbocycles. The van der Waals surface area contributed by atoms with E-state index < -0.39 is 0 Å². The van der Waals surface area contributed by atoms with Crippen LogP contribution in [0.3, 0.4) is 0 Å². The number of hydrogen-bond acceptors (Lipinski definition) is 3. The van der Waals surface area contributed by atoms with Crippen LogP contribution >= 0.6 is 0 Å². The van der Waals surface area contributed by atoms with Crippen LogP contribution in [0.5, 0.6) is 0 Å². The molecule has 1 fully saturated rings. The maximum absolute atomic E-state index is 12.4. The van der Waals surface area contributed by atoms with Crippen LogP contribution in [0.4, 0.5) is 11.4 Å². The van der Waals surface area contributed by atoms with Gasteiger partial charge in [-0.2, -0.15) is 0 Å². The lowest BCUT2D eigenvalue weighted by Gasteiger charge is -2.36. The smallest absolute Gasteiger partial charge is 0.223 e. The highest BCUT2D eigenvalue weighted by atomic mass is 16.2. The standard InChI is InChI=1S/C19H23N3O/c20-17-9-6-16(7-10-17)8-11-19(23)22-14-12-21(13-15-22)18-4-2-1-3-5-18/h1-7,9-10H,8,11-15,20H2. The number of hydrogen-bond donors (Lipinski definition) is 1. The number of piperazine rings is 1. The summed E-state index contributed by atoms with van der Waals surface area (Å²) in [6.07, 6.45) is 1.34. The van der Waals surface area contributed by atoms with Crippen LogP contribution in [-0.4, -0.2) is 37.0 Å². The summed E-state index contributed by atoms with van der Waals surface area (Å²) in [7, 11) is 0. The molecular formula is C19H23N3O. The van der Waals surface area contributed by atoms with Gasteiger partial charge in [0.1, 0.15) is 0 Å². The first kappa shape index (κ1) is 15.4. The molecule has 0 unspecified atom stereocenters. The van der Waals surface area contributed by atoms with E-state index in [1.54, 1.807) is 0 Å². The third kappa shape index (κ3) is 4.03. The summed E-state index contributed by atoms with van der Waals surface area (Å²) in [5, 5.41) is 0. The Hall–Kier alpha value is -2.49. The van der Waals surface area contributed by atoms with E-state index in [0.29, 0.717) is 6.42 Å². The number of aryl methyl sites for hydroxylation is 1. The minimum Gasteiger partial charge on any atom is -0.399 e. The average Bonchev–Trinajstić information content (AvgIpc) is 2.62. The van der Waals surface area contributed by atoms with Crippen LogP contribution in [-0.2, 0) is 11.2 Å². The van der Waals surface area contributed by atoms with Crippen LogP contribution in [0.2, 0.25) is 0 Å². The largest absolute Gasteiger partial charge is 0.399 e. The normalized spacial score (nSPS) is 14.8. The summed E-state index contributed by atoms with van der Waals surface area (Å²) in [5.74, 6) is 0.245. The van der Waals surface area contributed by atoms with Crippen molar-refractivity contribution >= 4 is 17.3 Å². The molecule has 1 aliphatic rings. The van der Waals surface area contributed by atoms with Gasteiger partial charge in [-0.3, -0.25) is 4.79 Å². The van der Waals surface area contributed by atoms with Crippen LogP contribution in [0, 0.1) is 0 Å². The summed E-state index contributed by atoms with van der Waals surface area (Å²) in [6.45, 7) is 3.40. The van der Waals surface area contributed by atoms with E-state index >= 15 is 0 Å². The van der Waals surface area contributed by atoms with Crippen LogP contribution in [0.25, 0.3) is 0 Å². The number of para-hydroxylation sites is 1. The van der Waals surface area contributed by atoms with E-state index in [9.17, 15) is 4.79 Å². The van der Waals surface area contributed by atoms with E-state index in [1.165, 1.54) is 5.69 Å². The third-order valence-electron chi connectivity index (χ3n) is 4.36. The second-order valence-electron chi connectivity index (χ2n) is 5.94. The highest BCUT2D eigenvalue weighted by Crippen LogP contribution is 2.16. The average molecular weight is 309 g/mol. The Morgan fingerprint density at radius 1 is 0.913 bits per heavy atom. The molecule has 1 amide bonds. The number of carbonyl (C=O) groups excluding carboxylic acids is 1. The highest BCUT2D eigenvalue weighted by Gasteiger charge is 2.20. The van der Waals surface area contributed by atoms with Crippen molar-refractivity contribution in [1.29, 1.82) is 0 Å². The number of amides is 1. The predicted molar refractivity (Wildman–Crippen MR) is 94.4 cm³/mol. The first-order valence-electron chi connectivity index (χ1n) is 8.14. The van der Waals surface area contributed by atoms with Gasteiger partial charge in [0, 0.05) is 44.0 Å². The van der Waals surface area contributed by atoms with E-state index in [2.05, 4.69) is 29.2 Å². The van der Waals surface area contributed by atoms with Gasteiger partial charge in [-0.05, 0) is 36.2 Å². The summed E-state index contributed by atoms with van der Waals surface area (Å²) >= 11 is 0. The van der Waals surface area contributed by atoms with Gasteiger partial charge in [0.2, 0.25) is 5.91 Å². The molecule has 2 N–H and O–H groups in total. The van der Waals surface area contributed by atoms with Crippen LogP contribution < -0.4 is 10.6 Å². The van der Waals surface area contributed by atoms with E-state index in [-0.39, 0.29) is 5.91 Å². The second kappa shape index (κ2) is 7.18. The Morgan fingerprint density at radius 2 is 1.57 bits per heavy atom. The zero-order chi connectivity index (χ0) is 16.1. The molecule has 0 bridgehead atoms. The van der Waals surface area contributed by atoms with Gasteiger partial charge in [0.15, 0.2) is 0 Å². The summed E-state index contributed by atoms with van der Waals surface area (Å²) in [5.41, 5.74) is 8.84. The molecule has 1 heterocycles. The molecule has 3 rings (SSSR count). The van der Waals surface area contributed by atoms with Crippen LogP contribution in [0.1, 0.15) is 12.0 Å². The molecule has 0 saturated carbocycles. The monoisotopic (exact) mass is 309 g/mol. The van der Waals surface area contributed by atoms with Gasteiger partial charge < -0.3 is 15.5 Å². The van der Waals surface area contributed by atoms with Gasteiger partial charge in [-0.15, -0.1) is 0 Å². The van der Waals surface area contributed by atoms with Crippen molar-refractivity contribution in [3.8, 4) is 0 Å². The second-order valence-corrected chi connectivity index (χ2v) is 5.94. The first-order chi connectivity index (χ1) is 11.2. The van der Waals surface area contributed by atoms with Gasteiger partial charge in [-0.1, -0.05) is 30.3 Å². The lowest BCUT2D eigenvalue weighted by Crippen LogP contribution is -2.48. The number of nitrogens with zero attached hydrogens (tertiary/aromatic N) is 2. The minimum absolute atomic E-state index is 0.245. The zero-order valence-electron chi connectivity index (χ0n) is 13.3. The fourth-order valence-corrected chi connectivity index (χ4v) is 2.95. The topological polar surface area (TPSA) is 49.6 Å². The molecule has 0 aliphatic carbocycles. The number of carbonyl (C=O) groups is 1. The van der Waals surface area contributed by atoms with Gasteiger partial charge in [0.25, 0.3) is 0 Å². The van der Waals surface area contributed by atoms with E-state index in [1.807, 2.05) is 35.2 Å². The van der Waals surface area contributed by atoms with Crippen molar-refractivity contribution in [3.05, 3.63) is 60.2 Å². The number of nitrogen functional groups attached to an aromatic ring is 1. The lowest BCUT2D eigenvalue weighted by atomic mass is 10.1. The summed E-state index contributed by atoms with van der Waals surface area (Å²) in [6, 6.07) is 18.2. The Balaban J connectivity index is 1.47. The van der Waals surface area contributed by atoms with E-state index in [0.717, 1.165) is 43.9 Å². The van der Waals surface area contributed by atoms with Crippen molar-refractivity contribution < 1.29 is 4.79 Å². The Morgan fingerprint density at radius 3 is 2.22 bits per heavy atom. The molecule has 1 aliphatic heterocycles. The molecule has 4 heteroatoms. The molecule has 120 valence electrons. The fourth-order valence-electron chi connectivity index (χ4n) is 2.95. The maximum Gasteiger partial charge on any atom is 0.223 e. The molecule has 1 saturated heterocycles. The number of rotatable bonds is 4. The van der Waals surface area contributed by atoms with Crippen molar-refractivity contribution in [2.45, 2.75) is 12.8 Å². The first-order valence-corrected chi connectivity index (χ1v) is 8.14. The molecule has 0 spiro atoms. The Bertz CT molecular complexity index is 631. The SMILES string of the molecule is Nc1ccc(CCC(=O)N2CCN(c3ccccc3)CC2)cc1. The van der Waals surface area contributed by atoms with E-state index in [4.69, 9.17) is 5.73 Å². The number of anilines is 2. The molecule has 4 nitrogen and oxygen atoms in total. The number of nitrogens with two attached hydrogens (primary N) is 1. The molecule has 2 aromatic rings. The van der Waals surface area contributed by atoms with Crippen molar-refractivity contribution in [2.75, 3.05) is 36.8 Å². The maximum atomic E-state index is 12.4. The number of benzene rings is 2. The molecule has 0 atom stereocenters. The quantitative estimate of drug-likeness (QED) is 0.883. The van der Waals surface area contributed by atoms with Gasteiger partial charge in [0.05, 0.1) is 0 Å². The molecule has 0 aromatic heterocycles. The highest BCUT2D eigenvalue weighted by molar-refractivity contribution is 5.76. The third-order valence-corrected chi connectivity index (χ3v) is 4.36. The Kier molecular flexibility index (Phi) is 4.81. The zero-order valence-corrected chi connectivity index (χ0v) is 13.3. The van der Waals surface area contributed by atoms with Crippen molar-refractivity contribution in [3.63, 3.8) is 0 Å². The van der Waals surface area contributed by atoms with Gasteiger partial charge >= 0.3 is 0 Å². The minimum atomic E-state index is 0.245. The molecular weight excluding hydrogens is 286 g/mol. The molecule has 0 radical (unpaired) electrons. The van der Waals surface area contributed by atoms with Crippen LogP contribution in [0.15, 0.2) is 54.6 Å². The summed E-state index contributed by atoms with van der Waals surface area (Å²) in [4.78, 5) is 16.7. The van der Waals surface area contributed by atoms with Crippen molar-refractivity contribution in [1.82, 2.24) is 4.90 Å². The van der Waals surface area contributed by atoms with Gasteiger partial charge in [-0.25, -0.2) is 0 Å². The van der Waals surface area contributed by atoms with Crippen molar-refractivity contribution in [2.24, 2.45) is 0 Å². The fraction of sp³-hybridized carbons (Fsp3) is 0.316. The summed E-state index contributed by atoms with van der Waals surface area (Å²) < 4.78 is 0. The lowest BCUT2D eigenvalue weighted by molar-refractivity contribution is -0.131. The Labute approximate surface area is 137 Å².